The molecule has 26 heavy (non-hydrogen) atoms. The van der Waals surface area contributed by atoms with Crippen LogP contribution >= 0.6 is 11.6 Å². The van der Waals surface area contributed by atoms with Gasteiger partial charge in [0, 0.05) is 24.7 Å². The first-order chi connectivity index (χ1) is 12.5. The lowest BCUT2D eigenvalue weighted by atomic mass is 10.2. The van der Waals surface area contributed by atoms with E-state index in [1.54, 1.807) is 24.3 Å². The molecule has 0 atom stereocenters. The van der Waals surface area contributed by atoms with E-state index in [1.807, 2.05) is 0 Å². The number of aromatic nitrogens is 2. The fourth-order valence-corrected chi connectivity index (χ4v) is 2.63. The van der Waals surface area contributed by atoms with Gasteiger partial charge >= 0.3 is 0 Å². The number of fused-ring (bicyclic) bond motifs is 1. The molecular formula is C17H13ClN4O4. The number of nitro benzene ring substituents is 1. The normalized spacial score (nSPS) is 10.7. The van der Waals surface area contributed by atoms with Crippen molar-refractivity contribution in [2.45, 2.75) is 13.0 Å². The molecule has 9 heteroatoms. The number of benzene rings is 2. The maximum atomic E-state index is 12.4. The maximum Gasteiger partial charge on any atom is 0.289 e. The van der Waals surface area contributed by atoms with Crippen LogP contribution in [0.25, 0.3) is 10.9 Å². The van der Waals surface area contributed by atoms with E-state index in [0.717, 1.165) is 0 Å². The Labute approximate surface area is 152 Å². The van der Waals surface area contributed by atoms with Gasteiger partial charge in [-0.1, -0.05) is 23.7 Å². The van der Waals surface area contributed by atoms with Crippen molar-refractivity contribution in [3.63, 3.8) is 0 Å². The predicted octanol–water partition coefficient (Wildman–Crippen LogP) is 2.99. The molecule has 8 nitrogen and oxygen atoms in total. The van der Waals surface area contributed by atoms with E-state index in [1.165, 1.54) is 29.1 Å². The number of halogens is 1. The number of para-hydroxylation sites is 1. The van der Waals surface area contributed by atoms with E-state index in [2.05, 4.69) is 10.3 Å². The molecule has 0 unspecified atom stereocenters. The number of nitrogens with zero attached hydrogens (tertiary/aromatic N) is 3. The Morgan fingerprint density at radius 1 is 1.27 bits per heavy atom. The predicted molar refractivity (Wildman–Crippen MR) is 97.4 cm³/mol. The molecule has 1 aromatic heterocycles. The fourth-order valence-electron chi connectivity index (χ4n) is 2.44. The first kappa shape index (κ1) is 17.6. The smallest absolute Gasteiger partial charge is 0.289 e. The fraction of sp³-hybridized carbons (Fsp3) is 0.118. The number of anilines is 1. The monoisotopic (exact) mass is 372 g/mol. The maximum absolute atomic E-state index is 12.4. The molecule has 3 aromatic rings. The lowest BCUT2D eigenvalue weighted by Crippen LogP contribution is -2.23. The van der Waals surface area contributed by atoms with Crippen molar-refractivity contribution in [3.8, 4) is 0 Å². The van der Waals surface area contributed by atoms with Gasteiger partial charge in [0.1, 0.15) is 5.02 Å². The van der Waals surface area contributed by atoms with Crippen molar-refractivity contribution >= 4 is 39.8 Å². The van der Waals surface area contributed by atoms with Gasteiger partial charge in [-0.15, -0.1) is 0 Å². The molecule has 1 heterocycles. The standard InChI is InChI=1S/C17H13ClN4O4/c18-13-6-5-11(9-15(13)22(25)26)20-16(23)7-8-21-10-19-14-4-2-1-3-12(14)17(21)24/h1-6,9-10H,7-8H2,(H,20,23). The second-order valence-corrected chi connectivity index (χ2v) is 5.89. The van der Waals surface area contributed by atoms with E-state index < -0.39 is 4.92 Å². The highest BCUT2D eigenvalue weighted by atomic mass is 35.5. The van der Waals surface area contributed by atoms with Crippen molar-refractivity contribution in [3.05, 3.63) is 74.3 Å². The Bertz CT molecular complexity index is 1060. The Morgan fingerprint density at radius 2 is 2.04 bits per heavy atom. The number of carbonyl (C=O) groups excluding carboxylic acids is 1. The van der Waals surface area contributed by atoms with Crippen LogP contribution in [0.3, 0.4) is 0 Å². The van der Waals surface area contributed by atoms with E-state index in [-0.39, 0.29) is 40.8 Å². The summed E-state index contributed by atoms with van der Waals surface area (Å²) in [5, 5.41) is 13.9. The van der Waals surface area contributed by atoms with Crippen LogP contribution in [0.2, 0.25) is 5.02 Å². The molecule has 0 spiro atoms. The highest BCUT2D eigenvalue weighted by Crippen LogP contribution is 2.27. The Balaban J connectivity index is 1.70. The van der Waals surface area contributed by atoms with Crippen molar-refractivity contribution < 1.29 is 9.72 Å². The average molecular weight is 373 g/mol. The van der Waals surface area contributed by atoms with Gasteiger partial charge in [0.05, 0.1) is 22.2 Å². The molecule has 0 bridgehead atoms. The molecule has 0 aliphatic heterocycles. The molecule has 0 aliphatic rings. The molecule has 0 saturated carbocycles. The summed E-state index contributed by atoms with van der Waals surface area (Å²) in [4.78, 5) is 38.9. The number of nitro groups is 1. The van der Waals surface area contributed by atoms with Crippen LogP contribution in [0, 0.1) is 10.1 Å². The molecule has 1 amide bonds. The zero-order chi connectivity index (χ0) is 18.7. The van der Waals surface area contributed by atoms with Crippen LogP contribution in [0.5, 0.6) is 0 Å². The number of aryl methyl sites for hydroxylation is 1. The zero-order valence-electron chi connectivity index (χ0n) is 13.4. The van der Waals surface area contributed by atoms with Gasteiger partial charge in [-0.25, -0.2) is 4.98 Å². The minimum atomic E-state index is -0.627. The first-order valence-electron chi connectivity index (χ1n) is 7.63. The minimum Gasteiger partial charge on any atom is -0.326 e. The summed E-state index contributed by atoms with van der Waals surface area (Å²) in [7, 11) is 0. The SMILES string of the molecule is O=C(CCn1cnc2ccccc2c1=O)Nc1ccc(Cl)c([N+](=O)[O-])c1. The largest absolute Gasteiger partial charge is 0.326 e. The lowest BCUT2D eigenvalue weighted by molar-refractivity contribution is -0.384. The van der Waals surface area contributed by atoms with Gasteiger partial charge in [-0.2, -0.15) is 0 Å². The molecule has 2 aromatic carbocycles. The summed E-state index contributed by atoms with van der Waals surface area (Å²) in [5.41, 5.74) is 0.326. The number of rotatable bonds is 5. The van der Waals surface area contributed by atoms with Crippen LogP contribution in [-0.4, -0.2) is 20.4 Å². The molecule has 0 saturated heterocycles. The van der Waals surface area contributed by atoms with Crippen LogP contribution in [0.15, 0.2) is 53.6 Å². The van der Waals surface area contributed by atoms with E-state index in [4.69, 9.17) is 11.6 Å². The number of carbonyl (C=O) groups is 1. The second-order valence-electron chi connectivity index (χ2n) is 5.48. The Morgan fingerprint density at radius 3 is 2.81 bits per heavy atom. The summed E-state index contributed by atoms with van der Waals surface area (Å²) in [6.45, 7) is 0.137. The summed E-state index contributed by atoms with van der Waals surface area (Å²) in [6.07, 6.45) is 1.40. The van der Waals surface area contributed by atoms with Gasteiger partial charge < -0.3 is 5.32 Å². The molecule has 1 N–H and O–H groups in total. The minimum absolute atomic E-state index is 0.0103. The number of amides is 1. The van der Waals surface area contributed by atoms with Crippen LogP contribution in [0.1, 0.15) is 6.42 Å². The van der Waals surface area contributed by atoms with Gasteiger partial charge in [0.2, 0.25) is 5.91 Å². The van der Waals surface area contributed by atoms with Gasteiger partial charge in [0.25, 0.3) is 11.2 Å². The van der Waals surface area contributed by atoms with Crippen LogP contribution < -0.4 is 10.9 Å². The third kappa shape index (κ3) is 3.70. The van der Waals surface area contributed by atoms with Crippen molar-refractivity contribution in [1.29, 1.82) is 0 Å². The molecule has 3 rings (SSSR count). The molecule has 132 valence electrons. The second kappa shape index (κ2) is 7.32. The van der Waals surface area contributed by atoms with E-state index in [0.29, 0.717) is 10.9 Å². The third-order valence-electron chi connectivity index (χ3n) is 3.74. The molecule has 0 radical (unpaired) electrons. The summed E-state index contributed by atoms with van der Waals surface area (Å²) >= 11 is 5.73. The summed E-state index contributed by atoms with van der Waals surface area (Å²) in [6, 6.07) is 10.9. The van der Waals surface area contributed by atoms with Crippen molar-refractivity contribution in [2.75, 3.05) is 5.32 Å². The third-order valence-corrected chi connectivity index (χ3v) is 4.06. The van der Waals surface area contributed by atoms with Crippen LogP contribution in [0.4, 0.5) is 11.4 Å². The van der Waals surface area contributed by atoms with Gasteiger partial charge in [-0.3, -0.25) is 24.3 Å². The Kier molecular flexibility index (Phi) is 4.94. The van der Waals surface area contributed by atoms with Gasteiger partial charge in [-0.05, 0) is 24.3 Å². The number of hydrogen-bond donors (Lipinski definition) is 1. The topological polar surface area (TPSA) is 107 Å². The van der Waals surface area contributed by atoms with Crippen molar-refractivity contribution in [2.24, 2.45) is 0 Å². The van der Waals surface area contributed by atoms with Crippen molar-refractivity contribution in [1.82, 2.24) is 9.55 Å². The quantitative estimate of drug-likeness (QED) is 0.547. The number of nitrogens with one attached hydrogen (secondary N) is 1. The zero-order valence-corrected chi connectivity index (χ0v) is 14.1. The Hall–Kier alpha value is -3.26. The first-order valence-corrected chi connectivity index (χ1v) is 8.01. The molecule has 0 aliphatic carbocycles. The highest BCUT2D eigenvalue weighted by Gasteiger charge is 2.14. The van der Waals surface area contributed by atoms with Gasteiger partial charge in [0.15, 0.2) is 0 Å². The van der Waals surface area contributed by atoms with E-state index in [9.17, 15) is 19.7 Å². The molecule has 0 fully saturated rings. The average Bonchev–Trinajstić information content (AvgIpc) is 2.63. The van der Waals surface area contributed by atoms with Crippen LogP contribution in [-0.2, 0) is 11.3 Å². The molecular weight excluding hydrogens is 360 g/mol. The summed E-state index contributed by atoms with van der Waals surface area (Å²) < 4.78 is 1.35. The summed E-state index contributed by atoms with van der Waals surface area (Å²) in [5.74, 6) is -0.387. The highest BCUT2D eigenvalue weighted by molar-refractivity contribution is 6.32. The van der Waals surface area contributed by atoms with E-state index >= 15 is 0 Å². The lowest BCUT2D eigenvalue weighted by Gasteiger charge is -2.08. The number of hydrogen-bond acceptors (Lipinski definition) is 5.